The molecule has 15 heavy (non-hydrogen) atoms. The summed E-state index contributed by atoms with van der Waals surface area (Å²) < 4.78 is 1.13. The molecule has 1 aromatic carbocycles. The Kier molecular flexibility index (Phi) is 17.6. The van der Waals surface area contributed by atoms with Crippen LogP contribution in [0.4, 0.5) is 0 Å². The third-order valence-corrected chi connectivity index (χ3v) is 1.79. The average Bonchev–Trinajstić information content (AvgIpc) is 2.31. The van der Waals surface area contributed by atoms with Crippen LogP contribution in [0.25, 0.3) is 0 Å². The van der Waals surface area contributed by atoms with Gasteiger partial charge in [-0.3, -0.25) is 0 Å². The van der Waals surface area contributed by atoms with E-state index in [4.69, 9.17) is 5.73 Å². The van der Waals surface area contributed by atoms with Gasteiger partial charge >= 0.3 is 0 Å². The molecule has 0 aromatic heterocycles. The molecule has 1 rings (SSSR count). The molecule has 0 fully saturated rings. The first-order valence-electron chi connectivity index (χ1n) is 5.15. The molecule has 0 atom stereocenters. The van der Waals surface area contributed by atoms with Crippen molar-refractivity contribution in [3.05, 3.63) is 34.8 Å². The molecule has 86 valence electrons. The minimum absolute atomic E-state index is 0.608. The van der Waals surface area contributed by atoms with Crippen molar-refractivity contribution in [1.29, 1.82) is 0 Å². The van der Waals surface area contributed by atoms with Crippen LogP contribution in [-0.2, 0) is 4.79 Å². The first-order valence-corrected chi connectivity index (χ1v) is 5.94. The molecule has 0 aliphatic rings. The minimum atomic E-state index is 0.608. The summed E-state index contributed by atoms with van der Waals surface area (Å²) in [4.78, 5) is 9.51. The number of benzene rings is 1. The molecule has 2 N–H and O–H groups in total. The van der Waals surface area contributed by atoms with Crippen LogP contribution >= 0.6 is 15.9 Å². The molecular weight excluding hydrogens is 254 g/mol. The van der Waals surface area contributed by atoms with E-state index in [1.165, 1.54) is 0 Å². The second-order valence-electron chi connectivity index (χ2n) is 2.39. The van der Waals surface area contributed by atoms with Crippen molar-refractivity contribution in [2.45, 2.75) is 26.7 Å². The van der Waals surface area contributed by atoms with Crippen molar-refractivity contribution < 1.29 is 4.79 Å². The lowest BCUT2D eigenvalue weighted by Crippen LogP contribution is -1.97. The molecule has 0 bridgehead atoms. The monoisotopic (exact) mass is 273 g/mol. The Morgan fingerprint density at radius 3 is 2.00 bits per heavy atom. The second-order valence-corrected chi connectivity index (χ2v) is 3.31. The molecule has 0 saturated heterocycles. The molecule has 0 aliphatic heterocycles. The molecule has 2 nitrogen and oxygen atoms in total. The molecule has 0 radical (unpaired) electrons. The van der Waals surface area contributed by atoms with Crippen molar-refractivity contribution in [1.82, 2.24) is 0 Å². The number of nitrogens with two attached hydrogens (primary N) is 1. The summed E-state index contributed by atoms with van der Waals surface area (Å²) in [6.45, 7) is 4.62. The number of carbonyl (C=O) groups excluding carboxylic acids is 1. The molecule has 1 aromatic rings. The zero-order valence-electron chi connectivity index (χ0n) is 9.45. The number of unbranched alkanes of at least 4 members (excludes halogenated alkanes) is 1. The zero-order valence-corrected chi connectivity index (χ0v) is 11.0. The van der Waals surface area contributed by atoms with Crippen molar-refractivity contribution in [3.8, 4) is 0 Å². The van der Waals surface area contributed by atoms with Crippen LogP contribution in [0.5, 0.6) is 0 Å². The zero-order chi connectivity index (χ0) is 11.9. The highest BCUT2D eigenvalue weighted by Gasteiger charge is 1.75. The van der Waals surface area contributed by atoms with Gasteiger partial charge in [-0.15, -0.1) is 0 Å². The first kappa shape index (κ1) is 16.7. The van der Waals surface area contributed by atoms with Gasteiger partial charge in [0.1, 0.15) is 6.29 Å². The molecular formula is C12H20BrNO. The van der Waals surface area contributed by atoms with Gasteiger partial charge in [-0.25, -0.2) is 0 Å². The number of hydrogen-bond donors (Lipinski definition) is 1. The Morgan fingerprint density at radius 2 is 1.80 bits per heavy atom. The lowest BCUT2D eigenvalue weighted by Gasteiger charge is -1.80. The van der Waals surface area contributed by atoms with Gasteiger partial charge in [-0.1, -0.05) is 48.0 Å². The highest BCUT2D eigenvalue weighted by atomic mass is 79.9. The molecule has 3 heteroatoms. The second kappa shape index (κ2) is 15.8. The summed E-state index contributed by atoms with van der Waals surface area (Å²) in [6, 6.07) is 9.97. The van der Waals surface area contributed by atoms with Crippen molar-refractivity contribution >= 4 is 22.2 Å². The molecule has 0 spiro atoms. The maximum Gasteiger partial charge on any atom is 0.120 e. The predicted octanol–water partition coefficient (Wildman–Crippen LogP) is 3.40. The van der Waals surface area contributed by atoms with Crippen molar-refractivity contribution in [2.24, 2.45) is 5.73 Å². The third-order valence-electron chi connectivity index (χ3n) is 1.26. The van der Waals surface area contributed by atoms with E-state index >= 15 is 0 Å². The van der Waals surface area contributed by atoms with Gasteiger partial charge in [0.25, 0.3) is 0 Å². The van der Waals surface area contributed by atoms with E-state index in [9.17, 15) is 4.79 Å². The standard InChI is InChI=1S/C6H5Br.C4H9NO.C2H6/c7-6-4-2-1-3-5-6;5-3-1-2-4-6;1-2/h1-5H;4H,1-3,5H2;1-2H3. The average molecular weight is 274 g/mol. The smallest absolute Gasteiger partial charge is 0.120 e. The first-order chi connectivity index (χ1) is 7.31. The number of carbonyl (C=O) groups is 1. The topological polar surface area (TPSA) is 43.1 Å². The Hall–Kier alpha value is -0.670. The van der Waals surface area contributed by atoms with E-state index in [1.807, 2.05) is 44.2 Å². The van der Waals surface area contributed by atoms with Gasteiger partial charge in [-0.2, -0.15) is 0 Å². The fourth-order valence-electron chi connectivity index (χ4n) is 0.616. The fourth-order valence-corrected chi connectivity index (χ4v) is 0.921. The van der Waals surface area contributed by atoms with E-state index < -0.39 is 0 Å². The van der Waals surface area contributed by atoms with Gasteiger partial charge in [0.2, 0.25) is 0 Å². The minimum Gasteiger partial charge on any atom is -0.330 e. The fraction of sp³-hybridized carbons (Fsp3) is 0.417. The van der Waals surface area contributed by atoms with E-state index in [0.717, 1.165) is 17.2 Å². The van der Waals surface area contributed by atoms with Crippen LogP contribution in [0, 0.1) is 0 Å². The largest absolute Gasteiger partial charge is 0.330 e. The summed E-state index contributed by atoms with van der Waals surface area (Å²) in [6.07, 6.45) is 2.31. The summed E-state index contributed by atoms with van der Waals surface area (Å²) >= 11 is 3.31. The van der Waals surface area contributed by atoms with Crippen LogP contribution in [-0.4, -0.2) is 12.8 Å². The molecule has 0 aliphatic carbocycles. The highest BCUT2D eigenvalue weighted by molar-refractivity contribution is 9.10. The molecule has 0 amide bonds. The highest BCUT2D eigenvalue weighted by Crippen LogP contribution is 2.05. The number of halogens is 1. The van der Waals surface area contributed by atoms with Crippen molar-refractivity contribution in [2.75, 3.05) is 6.54 Å². The van der Waals surface area contributed by atoms with Crippen LogP contribution in [0.3, 0.4) is 0 Å². The molecule has 0 heterocycles. The number of rotatable bonds is 3. The van der Waals surface area contributed by atoms with E-state index in [1.54, 1.807) is 0 Å². The van der Waals surface area contributed by atoms with Crippen molar-refractivity contribution in [3.63, 3.8) is 0 Å². The quantitative estimate of drug-likeness (QED) is 0.678. The lowest BCUT2D eigenvalue weighted by molar-refractivity contribution is -0.107. The summed E-state index contributed by atoms with van der Waals surface area (Å²) in [5.74, 6) is 0. The SMILES string of the molecule is Brc1ccccc1.CC.NCCCC=O. The summed E-state index contributed by atoms with van der Waals surface area (Å²) in [5.41, 5.74) is 5.06. The van der Waals surface area contributed by atoms with E-state index in [2.05, 4.69) is 15.9 Å². The van der Waals surface area contributed by atoms with Gasteiger partial charge in [0.05, 0.1) is 0 Å². The van der Waals surface area contributed by atoms with Crippen LogP contribution < -0.4 is 5.73 Å². The molecule has 0 unspecified atom stereocenters. The lowest BCUT2D eigenvalue weighted by atomic mass is 10.3. The van der Waals surface area contributed by atoms with Gasteiger partial charge < -0.3 is 10.5 Å². The summed E-state index contributed by atoms with van der Waals surface area (Å²) in [5, 5.41) is 0. The number of hydrogen-bond acceptors (Lipinski definition) is 2. The summed E-state index contributed by atoms with van der Waals surface area (Å²) in [7, 11) is 0. The molecule has 0 saturated carbocycles. The maximum absolute atomic E-state index is 9.51. The van der Waals surface area contributed by atoms with Crippen LogP contribution in [0.1, 0.15) is 26.7 Å². The Morgan fingerprint density at radius 1 is 1.27 bits per heavy atom. The van der Waals surface area contributed by atoms with E-state index in [-0.39, 0.29) is 0 Å². The van der Waals surface area contributed by atoms with Crippen LogP contribution in [0.15, 0.2) is 34.8 Å². The van der Waals surface area contributed by atoms with Gasteiger partial charge in [-0.05, 0) is 25.1 Å². The number of aldehydes is 1. The Balaban J connectivity index is 0. The Labute approximate surface area is 101 Å². The normalized spacial score (nSPS) is 7.73. The Bertz CT molecular complexity index is 214. The maximum atomic E-state index is 9.51. The van der Waals surface area contributed by atoms with Gasteiger partial charge in [0.15, 0.2) is 0 Å². The van der Waals surface area contributed by atoms with Gasteiger partial charge in [0, 0.05) is 10.9 Å². The van der Waals surface area contributed by atoms with E-state index in [0.29, 0.717) is 13.0 Å². The third kappa shape index (κ3) is 16.0. The predicted molar refractivity (Wildman–Crippen MR) is 69.8 cm³/mol. The van der Waals surface area contributed by atoms with Crippen LogP contribution in [0.2, 0.25) is 0 Å².